The predicted octanol–water partition coefficient (Wildman–Crippen LogP) is 3.57. The van der Waals surface area contributed by atoms with E-state index in [1.165, 1.54) is 24.0 Å². The summed E-state index contributed by atoms with van der Waals surface area (Å²) in [6.45, 7) is 4.06. The Labute approximate surface area is 177 Å². The Morgan fingerprint density at radius 3 is 2.57 bits per heavy atom. The van der Waals surface area contributed by atoms with E-state index in [0.717, 1.165) is 25.2 Å². The third-order valence-corrected chi connectivity index (χ3v) is 5.59. The first-order valence-electron chi connectivity index (χ1n) is 10.6. The van der Waals surface area contributed by atoms with Crippen molar-refractivity contribution in [3.8, 4) is 0 Å². The minimum absolute atomic E-state index is 0.129. The fourth-order valence-electron chi connectivity index (χ4n) is 4.05. The fourth-order valence-corrected chi connectivity index (χ4v) is 4.05. The van der Waals surface area contributed by atoms with Crippen LogP contribution >= 0.6 is 0 Å². The molecule has 2 heterocycles. The number of hydrogen-bond acceptors (Lipinski definition) is 3. The van der Waals surface area contributed by atoms with Crippen LogP contribution in [0.4, 0.5) is 4.79 Å². The van der Waals surface area contributed by atoms with E-state index >= 15 is 0 Å². The number of carbonyl (C=O) groups excluding carboxylic acids is 1. The molecule has 2 amide bonds. The average molecular weight is 404 g/mol. The lowest BCUT2D eigenvalue weighted by molar-refractivity contribution is 0.220. The van der Waals surface area contributed by atoms with E-state index in [2.05, 4.69) is 56.9 Å². The summed E-state index contributed by atoms with van der Waals surface area (Å²) >= 11 is 0. The first kappa shape index (κ1) is 20.2. The molecule has 4 rings (SSSR count). The highest BCUT2D eigenvalue weighted by atomic mass is 16.2. The average Bonchev–Trinajstić information content (AvgIpc) is 3.48. The van der Waals surface area contributed by atoms with Gasteiger partial charge in [0.05, 0.1) is 12.4 Å². The Kier molecular flexibility index (Phi) is 6.77. The number of carbonyl (C=O) groups is 1. The molecular formula is C24H29N5O. The molecule has 3 aromatic rings. The molecule has 2 aromatic carbocycles. The third kappa shape index (κ3) is 5.48. The molecule has 156 valence electrons. The van der Waals surface area contributed by atoms with Crippen molar-refractivity contribution in [2.24, 2.45) is 0 Å². The molecule has 1 unspecified atom stereocenters. The lowest BCUT2D eigenvalue weighted by Gasteiger charge is -2.28. The Balaban J connectivity index is 1.30. The molecule has 2 N–H and O–H groups in total. The van der Waals surface area contributed by atoms with Gasteiger partial charge in [-0.05, 0) is 42.6 Å². The third-order valence-electron chi connectivity index (χ3n) is 5.59. The summed E-state index contributed by atoms with van der Waals surface area (Å²) in [5.41, 5.74) is 3.53. The fraction of sp³-hybridized carbons (Fsp3) is 0.333. The maximum atomic E-state index is 12.5. The highest BCUT2D eigenvalue weighted by molar-refractivity contribution is 5.73. The molecule has 1 fully saturated rings. The maximum absolute atomic E-state index is 12.5. The van der Waals surface area contributed by atoms with Crippen molar-refractivity contribution in [3.05, 3.63) is 90.0 Å². The van der Waals surface area contributed by atoms with Crippen LogP contribution in [0.5, 0.6) is 0 Å². The van der Waals surface area contributed by atoms with Crippen molar-refractivity contribution in [2.45, 2.75) is 32.0 Å². The van der Waals surface area contributed by atoms with Crippen LogP contribution in [-0.2, 0) is 13.1 Å². The molecule has 1 atom stereocenters. The SMILES string of the molecule is O=C(NCc1cccc(Cn2ccnc2)c1)NCC(c1ccccc1)N1CCCC1. The van der Waals surface area contributed by atoms with Crippen LogP contribution in [0.25, 0.3) is 0 Å². The summed E-state index contributed by atoms with van der Waals surface area (Å²) in [6, 6.07) is 18.8. The number of benzene rings is 2. The Bertz CT molecular complexity index is 920. The van der Waals surface area contributed by atoms with Crippen LogP contribution in [0, 0.1) is 0 Å². The zero-order valence-electron chi connectivity index (χ0n) is 17.2. The summed E-state index contributed by atoms with van der Waals surface area (Å²) in [7, 11) is 0. The normalized spacial score (nSPS) is 15.1. The van der Waals surface area contributed by atoms with E-state index in [9.17, 15) is 4.79 Å². The first-order valence-corrected chi connectivity index (χ1v) is 10.6. The number of amides is 2. The van der Waals surface area contributed by atoms with Gasteiger partial charge in [0.15, 0.2) is 0 Å². The van der Waals surface area contributed by atoms with Gasteiger partial charge in [-0.3, -0.25) is 4.90 Å². The summed E-state index contributed by atoms with van der Waals surface area (Å²) in [5, 5.41) is 6.07. The molecule has 1 aliphatic rings. The highest BCUT2D eigenvalue weighted by Crippen LogP contribution is 2.24. The number of hydrogen-bond donors (Lipinski definition) is 2. The zero-order chi connectivity index (χ0) is 20.6. The number of imidazole rings is 1. The lowest BCUT2D eigenvalue weighted by atomic mass is 10.1. The summed E-state index contributed by atoms with van der Waals surface area (Å²) < 4.78 is 2.03. The van der Waals surface area contributed by atoms with Crippen molar-refractivity contribution in [3.63, 3.8) is 0 Å². The van der Waals surface area contributed by atoms with Gasteiger partial charge >= 0.3 is 6.03 Å². The van der Waals surface area contributed by atoms with Crippen molar-refractivity contribution in [1.82, 2.24) is 25.1 Å². The van der Waals surface area contributed by atoms with E-state index in [4.69, 9.17) is 0 Å². The van der Waals surface area contributed by atoms with Crippen LogP contribution in [0.1, 0.15) is 35.6 Å². The summed E-state index contributed by atoms with van der Waals surface area (Å²) in [6.07, 6.45) is 7.99. The predicted molar refractivity (Wildman–Crippen MR) is 118 cm³/mol. The molecule has 0 aliphatic carbocycles. The Hall–Kier alpha value is -3.12. The van der Waals surface area contributed by atoms with Gasteiger partial charge in [-0.2, -0.15) is 0 Å². The van der Waals surface area contributed by atoms with Crippen molar-refractivity contribution in [1.29, 1.82) is 0 Å². The van der Waals surface area contributed by atoms with Crippen LogP contribution in [0.3, 0.4) is 0 Å². The van der Waals surface area contributed by atoms with Gasteiger partial charge in [-0.25, -0.2) is 9.78 Å². The highest BCUT2D eigenvalue weighted by Gasteiger charge is 2.23. The van der Waals surface area contributed by atoms with E-state index in [1.54, 1.807) is 6.20 Å². The molecule has 1 aromatic heterocycles. The van der Waals surface area contributed by atoms with Gasteiger partial charge in [-0.1, -0.05) is 54.6 Å². The van der Waals surface area contributed by atoms with Gasteiger partial charge in [0, 0.05) is 32.0 Å². The van der Waals surface area contributed by atoms with Crippen molar-refractivity contribution < 1.29 is 4.79 Å². The van der Waals surface area contributed by atoms with Gasteiger partial charge in [-0.15, -0.1) is 0 Å². The topological polar surface area (TPSA) is 62.2 Å². The summed E-state index contributed by atoms with van der Waals surface area (Å²) in [5.74, 6) is 0. The van der Waals surface area contributed by atoms with Gasteiger partial charge in [0.2, 0.25) is 0 Å². The van der Waals surface area contributed by atoms with Crippen LogP contribution in [-0.4, -0.2) is 40.1 Å². The maximum Gasteiger partial charge on any atom is 0.315 e. The molecule has 1 aliphatic heterocycles. The molecule has 0 bridgehead atoms. The van der Waals surface area contributed by atoms with E-state index in [1.807, 2.05) is 35.3 Å². The second kappa shape index (κ2) is 10.1. The van der Waals surface area contributed by atoms with Crippen molar-refractivity contribution in [2.75, 3.05) is 19.6 Å². The van der Waals surface area contributed by atoms with E-state index < -0.39 is 0 Å². The Morgan fingerprint density at radius 2 is 1.80 bits per heavy atom. The quantitative estimate of drug-likeness (QED) is 0.604. The molecule has 6 nitrogen and oxygen atoms in total. The molecule has 0 saturated carbocycles. The lowest BCUT2D eigenvalue weighted by Crippen LogP contribution is -2.41. The summed E-state index contributed by atoms with van der Waals surface area (Å²) in [4.78, 5) is 19.0. The molecule has 30 heavy (non-hydrogen) atoms. The van der Waals surface area contributed by atoms with E-state index in [-0.39, 0.29) is 12.1 Å². The molecule has 6 heteroatoms. The van der Waals surface area contributed by atoms with Crippen LogP contribution < -0.4 is 10.6 Å². The second-order valence-electron chi connectivity index (χ2n) is 7.79. The molecular weight excluding hydrogens is 374 g/mol. The Morgan fingerprint density at radius 1 is 1.00 bits per heavy atom. The minimum atomic E-state index is -0.129. The smallest absolute Gasteiger partial charge is 0.315 e. The molecule has 0 radical (unpaired) electrons. The number of likely N-dealkylation sites (tertiary alicyclic amines) is 1. The number of aromatic nitrogens is 2. The van der Waals surface area contributed by atoms with Crippen molar-refractivity contribution >= 4 is 6.03 Å². The number of nitrogens with zero attached hydrogens (tertiary/aromatic N) is 3. The first-order chi connectivity index (χ1) is 14.8. The standard InChI is InChI=1S/C24H29N5O/c30-24(26-16-20-7-6-8-21(15-20)18-28-14-11-25-19-28)27-17-23(29-12-4-5-13-29)22-9-2-1-3-10-22/h1-3,6-11,14-15,19,23H,4-5,12-13,16-18H2,(H2,26,27,30). The molecule has 0 spiro atoms. The zero-order valence-corrected chi connectivity index (χ0v) is 17.2. The van der Waals surface area contributed by atoms with E-state index in [0.29, 0.717) is 13.1 Å². The second-order valence-corrected chi connectivity index (χ2v) is 7.79. The van der Waals surface area contributed by atoms with Gasteiger partial charge in [0.1, 0.15) is 0 Å². The number of rotatable bonds is 8. The minimum Gasteiger partial charge on any atom is -0.336 e. The monoisotopic (exact) mass is 403 g/mol. The molecule has 1 saturated heterocycles. The van der Waals surface area contributed by atoms with Crippen LogP contribution in [0.15, 0.2) is 73.3 Å². The van der Waals surface area contributed by atoms with Crippen LogP contribution in [0.2, 0.25) is 0 Å². The number of urea groups is 1. The number of nitrogens with one attached hydrogen (secondary N) is 2. The van der Waals surface area contributed by atoms with Gasteiger partial charge in [0.25, 0.3) is 0 Å². The largest absolute Gasteiger partial charge is 0.336 e. The van der Waals surface area contributed by atoms with Gasteiger partial charge < -0.3 is 15.2 Å².